The molecule has 0 aliphatic rings. The average molecular weight is 263 g/mol. The molecule has 3 aromatic rings. The maximum absolute atomic E-state index is 10.9. The molecule has 0 radical (unpaired) electrons. The van der Waals surface area contributed by atoms with Gasteiger partial charge in [-0.1, -0.05) is 12.1 Å². The number of fused-ring (bicyclic) bond motifs is 1. The summed E-state index contributed by atoms with van der Waals surface area (Å²) in [6.45, 7) is 0. The van der Waals surface area contributed by atoms with E-state index in [2.05, 4.69) is 11.1 Å². The van der Waals surface area contributed by atoms with E-state index in [4.69, 9.17) is 10.4 Å². The van der Waals surface area contributed by atoms with Gasteiger partial charge in [0.15, 0.2) is 0 Å². The molecule has 5 heteroatoms. The molecule has 0 fully saturated rings. The van der Waals surface area contributed by atoms with Crippen molar-refractivity contribution in [3.8, 4) is 11.8 Å². The Labute approximate surface area is 114 Å². The van der Waals surface area contributed by atoms with Crippen LogP contribution in [0.25, 0.3) is 16.7 Å². The van der Waals surface area contributed by atoms with Crippen molar-refractivity contribution in [3.05, 3.63) is 59.9 Å². The minimum Gasteiger partial charge on any atom is -0.478 e. The van der Waals surface area contributed by atoms with Crippen LogP contribution >= 0.6 is 0 Å². The third kappa shape index (κ3) is 1.80. The number of rotatable bonds is 2. The van der Waals surface area contributed by atoms with Crippen molar-refractivity contribution in [1.82, 2.24) is 9.55 Å². The molecule has 1 heterocycles. The molecule has 5 nitrogen and oxygen atoms in total. The zero-order valence-corrected chi connectivity index (χ0v) is 10.3. The Morgan fingerprint density at radius 3 is 2.80 bits per heavy atom. The number of hydrogen-bond acceptors (Lipinski definition) is 3. The number of imidazole rings is 1. The fourth-order valence-electron chi connectivity index (χ4n) is 2.12. The second kappa shape index (κ2) is 4.52. The maximum Gasteiger partial charge on any atom is 0.335 e. The van der Waals surface area contributed by atoms with E-state index in [0.29, 0.717) is 11.1 Å². The SMILES string of the molecule is N#Cc1ccccc1-n1cnc2cc(C(=O)O)ccc21. The number of carboxylic acid groups (broad SMARTS) is 1. The lowest BCUT2D eigenvalue weighted by Gasteiger charge is -2.06. The van der Waals surface area contributed by atoms with Crippen LogP contribution in [0.4, 0.5) is 0 Å². The van der Waals surface area contributed by atoms with Gasteiger partial charge in [-0.25, -0.2) is 9.78 Å². The molecule has 0 aliphatic carbocycles. The first-order valence-electron chi connectivity index (χ1n) is 5.90. The number of nitriles is 1. The summed E-state index contributed by atoms with van der Waals surface area (Å²) < 4.78 is 1.78. The molecule has 20 heavy (non-hydrogen) atoms. The van der Waals surface area contributed by atoms with Gasteiger partial charge in [-0.3, -0.25) is 4.57 Å². The molecule has 0 spiro atoms. The minimum absolute atomic E-state index is 0.191. The van der Waals surface area contributed by atoms with Crippen molar-refractivity contribution in [3.63, 3.8) is 0 Å². The smallest absolute Gasteiger partial charge is 0.335 e. The Hall–Kier alpha value is -3.13. The molecule has 1 aromatic heterocycles. The Bertz CT molecular complexity index is 859. The first-order valence-corrected chi connectivity index (χ1v) is 5.90. The van der Waals surface area contributed by atoms with Gasteiger partial charge < -0.3 is 5.11 Å². The number of para-hydroxylation sites is 1. The number of carboxylic acids is 1. The lowest BCUT2D eigenvalue weighted by molar-refractivity contribution is 0.0697. The third-order valence-electron chi connectivity index (χ3n) is 3.08. The van der Waals surface area contributed by atoms with Gasteiger partial charge >= 0.3 is 5.97 Å². The maximum atomic E-state index is 10.9. The summed E-state index contributed by atoms with van der Waals surface area (Å²) in [6, 6.07) is 14.1. The summed E-state index contributed by atoms with van der Waals surface area (Å²) in [4.78, 5) is 15.1. The Morgan fingerprint density at radius 1 is 1.25 bits per heavy atom. The lowest BCUT2D eigenvalue weighted by Crippen LogP contribution is -1.97. The van der Waals surface area contributed by atoms with Crippen molar-refractivity contribution in [2.45, 2.75) is 0 Å². The second-order valence-corrected chi connectivity index (χ2v) is 4.25. The minimum atomic E-state index is -0.987. The molecule has 0 aliphatic heterocycles. The standard InChI is InChI=1S/C15H9N3O2/c16-8-11-3-1-2-4-13(11)18-9-17-12-7-10(15(19)20)5-6-14(12)18/h1-7,9H,(H,19,20). The van der Waals surface area contributed by atoms with Crippen molar-refractivity contribution in [1.29, 1.82) is 5.26 Å². The van der Waals surface area contributed by atoms with Gasteiger partial charge in [-0.2, -0.15) is 5.26 Å². The Kier molecular flexibility index (Phi) is 2.70. The molecule has 0 amide bonds. The molecular formula is C15H9N3O2. The molecule has 96 valence electrons. The average Bonchev–Trinajstić information content (AvgIpc) is 2.89. The van der Waals surface area contributed by atoms with E-state index in [1.165, 1.54) is 12.1 Å². The van der Waals surface area contributed by atoms with E-state index in [1.54, 1.807) is 29.1 Å². The zero-order valence-electron chi connectivity index (χ0n) is 10.3. The monoisotopic (exact) mass is 263 g/mol. The van der Waals surface area contributed by atoms with Crippen molar-refractivity contribution in [2.75, 3.05) is 0 Å². The van der Waals surface area contributed by atoms with Crippen LogP contribution in [-0.2, 0) is 0 Å². The summed E-state index contributed by atoms with van der Waals surface area (Å²) in [5.74, 6) is -0.987. The van der Waals surface area contributed by atoms with Crippen molar-refractivity contribution >= 4 is 17.0 Å². The largest absolute Gasteiger partial charge is 0.478 e. The molecular weight excluding hydrogens is 254 g/mol. The Morgan fingerprint density at radius 2 is 2.05 bits per heavy atom. The van der Waals surface area contributed by atoms with Crippen LogP contribution in [0.1, 0.15) is 15.9 Å². The number of hydrogen-bond donors (Lipinski definition) is 1. The fraction of sp³-hybridized carbons (Fsp3) is 0. The summed E-state index contributed by atoms with van der Waals surface area (Å²) >= 11 is 0. The highest BCUT2D eigenvalue weighted by atomic mass is 16.4. The van der Waals surface area contributed by atoms with Crippen molar-refractivity contribution < 1.29 is 9.90 Å². The van der Waals surface area contributed by atoms with E-state index < -0.39 is 5.97 Å². The van der Waals surface area contributed by atoms with Crippen LogP contribution in [0.5, 0.6) is 0 Å². The summed E-state index contributed by atoms with van der Waals surface area (Å²) in [5, 5.41) is 18.1. The first kappa shape index (κ1) is 11.9. The number of nitrogens with zero attached hydrogens (tertiary/aromatic N) is 3. The van der Waals surface area contributed by atoms with Crippen LogP contribution in [0, 0.1) is 11.3 Å². The van der Waals surface area contributed by atoms with E-state index in [0.717, 1.165) is 11.2 Å². The van der Waals surface area contributed by atoms with Crippen LogP contribution < -0.4 is 0 Å². The molecule has 0 saturated heterocycles. The van der Waals surface area contributed by atoms with Gasteiger partial charge in [0.25, 0.3) is 0 Å². The molecule has 2 aromatic carbocycles. The van der Waals surface area contributed by atoms with Crippen LogP contribution in [0.3, 0.4) is 0 Å². The first-order chi connectivity index (χ1) is 9.70. The van der Waals surface area contributed by atoms with Gasteiger partial charge in [0.1, 0.15) is 12.4 Å². The number of benzene rings is 2. The quantitative estimate of drug-likeness (QED) is 0.770. The number of aromatic nitrogens is 2. The lowest BCUT2D eigenvalue weighted by atomic mass is 10.1. The molecule has 3 rings (SSSR count). The van der Waals surface area contributed by atoms with E-state index in [-0.39, 0.29) is 5.56 Å². The summed E-state index contributed by atoms with van der Waals surface area (Å²) in [7, 11) is 0. The number of carbonyl (C=O) groups is 1. The molecule has 0 atom stereocenters. The van der Waals surface area contributed by atoms with Gasteiger partial charge in [0.05, 0.1) is 27.8 Å². The third-order valence-corrected chi connectivity index (χ3v) is 3.08. The summed E-state index contributed by atoms with van der Waals surface area (Å²) in [5.41, 5.74) is 2.79. The topological polar surface area (TPSA) is 78.9 Å². The molecule has 0 unspecified atom stereocenters. The van der Waals surface area contributed by atoms with Crippen molar-refractivity contribution in [2.24, 2.45) is 0 Å². The number of aromatic carboxylic acids is 1. The van der Waals surface area contributed by atoms with Gasteiger partial charge in [-0.15, -0.1) is 0 Å². The summed E-state index contributed by atoms with van der Waals surface area (Å²) in [6.07, 6.45) is 1.59. The van der Waals surface area contributed by atoms with Crippen LogP contribution in [-0.4, -0.2) is 20.6 Å². The van der Waals surface area contributed by atoms with E-state index in [9.17, 15) is 4.79 Å². The molecule has 1 N–H and O–H groups in total. The van der Waals surface area contributed by atoms with Crippen LogP contribution in [0.15, 0.2) is 48.8 Å². The predicted molar refractivity (Wildman–Crippen MR) is 72.7 cm³/mol. The van der Waals surface area contributed by atoms with Gasteiger partial charge in [0.2, 0.25) is 0 Å². The highest BCUT2D eigenvalue weighted by Gasteiger charge is 2.10. The second-order valence-electron chi connectivity index (χ2n) is 4.25. The Balaban J connectivity index is 2.23. The highest BCUT2D eigenvalue weighted by Crippen LogP contribution is 2.21. The zero-order chi connectivity index (χ0) is 14.1. The highest BCUT2D eigenvalue weighted by molar-refractivity contribution is 5.92. The molecule has 0 saturated carbocycles. The van der Waals surface area contributed by atoms with E-state index in [1.807, 2.05) is 12.1 Å². The fourth-order valence-corrected chi connectivity index (χ4v) is 2.12. The molecule has 0 bridgehead atoms. The van der Waals surface area contributed by atoms with E-state index >= 15 is 0 Å². The van der Waals surface area contributed by atoms with Gasteiger partial charge in [-0.05, 0) is 30.3 Å². The van der Waals surface area contributed by atoms with Crippen LogP contribution in [0.2, 0.25) is 0 Å². The normalized spacial score (nSPS) is 10.3. The predicted octanol–water partition coefficient (Wildman–Crippen LogP) is 2.60. The van der Waals surface area contributed by atoms with Gasteiger partial charge in [0, 0.05) is 0 Å².